The first-order valence-electron chi connectivity index (χ1n) is 7.33. The lowest BCUT2D eigenvalue weighted by Gasteiger charge is -2.50. The Balaban J connectivity index is 1.85. The average molecular weight is 277 g/mol. The van der Waals surface area contributed by atoms with E-state index < -0.39 is 0 Å². The van der Waals surface area contributed by atoms with Crippen LogP contribution in [0.25, 0.3) is 0 Å². The van der Waals surface area contributed by atoms with Crippen LogP contribution >= 0.6 is 0 Å². The summed E-state index contributed by atoms with van der Waals surface area (Å²) in [6.45, 7) is 4.98. The van der Waals surface area contributed by atoms with Crippen molar-refractivity contribution in [3.8, 4) is 0 Å². The van der Waals surface area contributed by atoms with Gasteiger partial charge in [-0.15, -0.1) is 0 Å². The molecule has 1 aromatic heterocycles. The lowest BCUT2D eigenvalue weighted by Crippen LogP contribution is -2.61. The van der Waals surface area contributed by atoms with Gasteiger partial charge in [0.25, 0.3) is 0 Å². The number of rotatable bonds is 2. The molecule has 0 bridgehead atoms. The van der Waals surface area contributed by atoms with Crippen molar-refractivity contribution in [1.29, 1.82) is 0 Å². The summed E-state index contributed by atoms with van der Waals surface area (Å²) in [5.41, 5.74) is 6.59. The standard InChI is InChI=1S/C14H23N5O/c1-10-7-12(18-13(15)17-10)19-6-3-11-14(8-19,9-20)4-2-5-16-11/h7,11,16,20H,2-6,8-9H2,1H3,(H2,15,17,18)/t11-,14-/m1/s1. The van der Waals surface area contributed by atoms with Gasteiger partial charge in [0.1, 0.15) is 5.82 Å². The summed E-state index contributed by atoms with van der Waals surface area (Å²) < 4.78 is 0. The fraction of sp³-hybridized carbons (Fsp3) is 0.714. The Hall–Kier alpha value is -1.40. The zero-order valence-corrected chi connectivity index (χ0v) is 12.0. The van der Waals surface area contributed by atoms with Crippen LogP contribution in [0.15, 0.2) is 6.07 Å². The quantitative estimate of drug-likeness (QED) is 0.721. The van der Waals surface area contributed by atoms with Crippen LogP contribution in [-0.2, 0) is 0 Å². The van der Waals surface area contributed by atoms with E-state index in [2.05, 4.69) is 20.2 Å². The van der Waals surface area contributed by atoms with E-state index in [-0.39, 0.29) is 12.0 Å². The van der Waals surface area contributed by atoms with Crippen LogP contribution in [0.1, 0.15) is 25.0 Å². The molecule has 2 aliphatic heterocycles. The number of nitrogen functional groups attached to an aromatic ring is 1. The van der Waals surface area contributed by atoms with E-state index in [1.165, 1.54) is 0 Å². The SMILES string of the molecule is Cc1cc(N2CC[C@H]3NCCC[C@]3(CO)C2)nc(N)n1. The van der Waals surface area contributed by atoms with Gasteiger partial charge in [0.15, 0.2) is 0 Å². The molecule has 2 atom stereocenters. The summed E-state index contributed by atoms with van der Waals surface area (Å²) in [6.07, 6.45) is 3.22. The third-order valence-electron chi connectivity index (χ3n) is 4.67. The van der Waals surface area contributed by atoms with E-state index in [1.54, 1.807) is 0 Å². The van der Waals surface area contributed by atoms with Crippen molar-refractivity contribution < 1.29 is 5.11 Å². The van der Waals surface area contributed by atoms with Gasteiger partial charge in [-0.25, -0.2) is 4.98 Å². The van der Waals surface area contributed by atoms with E-state index in [4.69, 9.17) is 5.73 Å². The fourth-order valence-corrected chi connectivity index (χ4v) is 3.62. The molecule has 0 unspecified atom stereocenters. The van der Waals surface area contributed by atoms with Crippen molar-refractivity contribution in [2.45, 2.75) is 32.2 Å². The van der Waals surface area contributed by atoms with E-state index in [1.807, 2.05) is 13.0 Å². The van der Waals surface area contributed by atoms with Gasteiger partial charge in [-0.05, 0) is 32.7 Å². The molecule has 3 heterocycles. The van der Waals surface area contributed by atoms with Gasteiger partial charge < -0.3 is 21.1 Å². The molecule has 0 radical (unpaired) electrons. The minimum absolute atomic E-state index is 0.0515. The third kappa shape index (κ3) is 2.33. The smallest absolute Gasteiger partial charge is 0.222 e. The molecule has 6 nitrogen and oxygen atoms in total. The first-order chi connectivity index (χ1) is 9.63. The first kappa shape index (κ1) is 13.6. The zero-order valence-electron chi connectivity index (χ0n) is 12.0. The molecule has 20 heavy (non-hydrogen) atoms. The molecule has 110 valence electrons. The number of aliphatic hydroxyl groups excluding tert-OH is 1. The number of aliphatic hydroxyl groups is 1. The molecule has 0 aliphatic carbocycles. The molecular formula is C14H23N5O. The second-order valence-corrected chi connectivity index (χ2v) is 6.07. The molecular weight excluding hydrogens is 254 g/mol. The predicted molar refractivity (Wildman–Crippen MR) is 78.6 cm³/mol. The largest absolute Gasteiger partial charge is 0.396 e. The maximum Gasteiger partial charge on any atom is 0.222 e. The van der Waals surface area contributed by atoms with E-state index in [9.17, 15) is 5.11 Å². The summed E-state index contributed by atoms with van der Waals surface area (Å²) in [5.74, 6) is 1.20. The molecule has 2 aliphatic rings. The highest BCUT2D eigenvalue weighted by Crippen LogP contribution is 2.38. The molecule has 0 spiro atoms. The molecule has 6 heteroatoms. The molecule has 0 aromatic carbocycles. The summed E-state index contributed by atoms with van der Waals surface area (Å²) in [4.78, 5) is 10.7. The number of aromatic nitrogens is 2. The number of hydrogen-bond donors (Lipinski definition) is 3. The maximum absolute atomic E-state index is 9.93. The Bertz CT molecular complexity index is 474. The molecule has 1 aromatic rings. The van der Waals surface area contributed by atoms with Crippen molar-refractivity contribution in [1.82, 2.24) is 15.3 Å². The number of nitrogens with two attached hydrogens (primary N) is 1. The third-order valence-corrected chi connectivity index (χ3v) is 4.67. The Morgan fingerprint density at radius 3 is 3.15 bits per heavy atom. The number of nitrogens with one attached hydrogen (secondary N) is 1. The van der Waals surface area contributed by atoms with Gasteiger partial charge >= 0.3 is 0 Å². The molecule has 0 amide bonds. The van der Waals surface area contributed by atoms with E-state index in [0.717, 1.165) is 50.4 Å². The number of hydrogen-bond acceptors (Lipinski definition) is 6. The highest BCUT2D eigenvalue weighted by molar-refractivity contribution is 5.44. The zero-order chi connectivity index (χ0) is 14.2. The summed E-state index contributed by atoms with van der Waals surface area (Å²) in [5, 5.41) is 13.5. The Morgan fingerprint density at radius 1 is 1.55 bits per heavy atom. The highest BCUT2D eigenvalue weighted by Gasteiger charge is 2.44. The van der Waals surface area contributed by atoms with Gasteiger partial charge in [-0.3, -0.25) is 0 Å². The van der Waals surface area contributed by atoms with Gasteiger partial charge in [-0.2, -0.15) is 4.98 Å². The van der Waals surface area contributed by atoms with E-state index in [0.29, 0.717) is 12.0 Å². The molecule has 3 rings (SSSR count). The number of anilines is 2. The lowest BCUT2D eigenvalue weighted by molar-refractivity contribution is 0.0403. The number of aryl methyl sites for hydroxylation is 1. The topological polar surface area (TPSA) is 87.3 Å². The Morgan fingerprint density at radius 2 is 2.40 bits per heavy atom. The number of fused-ring (bicyclic) bond motifs is 1. The second kappa shape index (κ2) is 5.18. The van der Waals surface area contributed by atoms with Crippen LogP contribution in [0.5, 0.6) is 0 Å². The van der Waals surface area contributed by atoms with Gasteiger partial charge in [-0.1, -0.05) is 0 Å². The molecule has 2 fully saturated rings. The monoisotopic (exact) mass is 277 g/mol. The summed E-state index contributed by atoms with van der Waals surface area (Å²) in [7, 11) is 0. The van der Waals surface area contributed by atoms with Gasteiger partial charge in [0, 0.05) is 36.3 Å². The minimum atomic E-state index is -0.0515. The van der Waals surface area contributed by atoms with Crippen molar-refractivity contribution >= 4 is 11.8 Å². The predicted octanol–water partition coefficient (Wildman–Crippen LogP) is 0.308. The van der Waals surface area contributed by atoms with Crippen LogP contribution in [0.3, 0.4) is 0 Å². The average Bonchev–Trinajstić information content (AvgIpc) is 2.45. The van der Waals surface area contributed by atoms with E-state index >= 15 is 0 Å². The Kier molecular flexibility index (Phi) is 3.52. The Labute approximate surface area is 119 Å². The van der Waals surface area contributed by atoms with Crippen LogP contribution in [0.2, 0.25) is 0 Å². The van der Waals surface area contributed by atoms with Crippen molar-refractivity contribution in [3.05, 3.63) is 11.8 Å². The summed E-state index contributed by atoms with van der Waals surface area (Å²) >= 11 is 0. The normalized spacial score (nSPS) is 30.1. The van der Waals surface area contributed by atoms with Crippen molar-refractivity contribution in [2.75, 3.05) is 36.9 Å². The number of nitrogens with zero attached hydrogens (tertiary/aromatic N) is 3. The second-order valence-electron chi connectivity index (χ2n) is 6.07. The van der Waals surface area contributed by atoms with Crippen LogP contribution in [-0.4, -0.2) is 47.4 Å². The van der Waals surface area contributed by atoms with Gasteiger partial charge in [0.2, 0.25) is 5.95 Å². The van der Waals surface area contributed by atoms with Crippen LogP contribution < -0.4 is 16.0 Å². The molecule has 4 N–H and O–H groups in total. The van der Waals surface area contributed by atoms with Crippen molar-refractivity contribution in [3.63, 3.8) is 0 Å². The maximum atomic E-state index is 9.93. The van der Waals surface area contributed by atoms with Crippen LogP contribution in [0.4, 0.5) is 11.8 Å². The molecule has 2 saturated heterocycles. The van der Waals surface area contributed by atoms with Crippen molar-refractivity contribution in [2.24, 2.45) is 5.41 Å². The minimum Gasteiger partial charge on any atom is -0.396 e. The fourth-order valence-electron chi connectivity index (χ4n) is 3.62. The lowest BCUT2D eigenvalue weighted by atomic mass is 9.71. The van der Waals surface area contributed by atoms with Gasteiger partial charge in [0.05, 0.1) is 6.61 Å². The first-order valence-corrected chi connectivity index (χ1v) is 7.33. The molecule has 0 saturated carbocycles. The number of piperidine rings is 2. The summed E-state index contributed by atoms with van der Waals surface area (Å²) in [6, 6.07) is 2.38. The van der Waals surface area contributed by atoms with Crippen LogP contribution in [0, 0.1) is 12.3 Å². The highest BCUT2D eigenvalue weighted by atomic mass is 16.3.